The Labute approximate surface area is 471 Å². The fourth-order valence-electron chi connectivity index (χ4n) is 15.2. The van der Waals surface area contributed by atoms with E-state index in [1.807, 2.05) is 18.2 Å². The van der Waals surface area contributed by atoms with E-state index in [1.54, 1.807) is 0 Å². The van der Waals surface area contributed by atoms with Gasteiger partial charge in [0.2, 0.25) is 13.4 Å². The molecule has 10 aromatic carbocycles. The molecule has 80 heavy (non-hydrogen) atoms. The first-order chi connectivity index (χ1) is 38.5. The van der Waals surface area contributed by atoms with Gasteiger partial charge < -0.3 is 0 Å². The van der Waals surface area contributed by atoms with Gasteiger partial charge in [0.25, 0.3) is 0 Å². The first-order valence-electron chi connectivity index (χ1n) is 28.9. The van der Waals surface area contributed by atoms with Gasteiger partial charge in [-0.2, -0.15) is 15.8 Å². The van der Waals surface area contributed by atoms with Crippen molar-refractivity contribution in [3.63, 3.8) is 0 Å². The van der Waals surface area contributed by atoms with Crippen molar-refractivity contribution >= 4 is 84.2 Å². The maximum Gasteiger partial charge on any atom is 0.244 e. The van der Waals surface area contributed by atoms with Crippen LogP contribution in [0.4, 0.5) is 5.69 Å². The SMILES string of the molecule is [C-]#[N+]c1ccc2c(c1)-c1cc(C#N)cc3c1B2c1cc2c(-c4c(C(C)C)cc(C(C)C)cc4C(C)C)cc4c5c(cc6c(-c7c(C(C)C)cc(C(C)C)cc7C(C)C)cc-3c1c6c25)B1c2ccc(C#N)cc2-c2cc(C#N)cc-4c21. The quantitative estimate of drug-likeness (QED) is 0.0864. The van der Waals surface area contributed by atoms with E-state index in [-0.39, 0.29) is 37.1 Å². The number of nitriles is 3. The lowest BCUT2D eigenvalue weighted by molar-refractivity contribution is 0.807. The average Bonchev–Trinajstić information content (AvgIpc) is 3.10. The maximum atomic E-state index is 11.0. The Hall–Kier alpha value is -8.67. The van der Waals surface area contributed by atoms with Crippen LogP contribution >= 0.6 is 0 Å². The van der Waals surface area contributed by atoms with E-state index >= 15 is 0 Å². The molecular formula is C74H60B2N4. The zero-order chi connectivity index (χ0) is 55.8. The minimum absolute atomic E-state index is 0.148. The van der Waals surface area contributed by atoms with Crippen molar-refractivity contribution in [3.05, 3.63) is 171 Å². The molecule has 0 saturated carbocycles. The van der Waals surface area contributed by atoms with Crippen molar-refractivity contribution < 1.29 is 0 Å². The smallest absolute Gasteiger partial charge is 0.238 e. The van der Waals surface area contributed by atoms with Crippen LogP contribution in [0.5, 0.6) is 0 Å². The number of hydrogen-bond donors (Lipinski definition) is 0. The third-order valence-electron chi connectivity index (χ3n) is 18.9. The van der Waals surface area contributed by atoms with Crippen LogP contribution in [0.2, 0.25) is 0 Å². The molecule has 0 spiro atoms. The summed E-state index contributed by atoms with van der Waals surface area (Å²) in [5, 5.41) is 39.7. The summed E-state index contributed by atoms with van der Waals surface area (Å²) in [7, 11) is 0. The molecule has 6 heteroatoms. The van der Waals surface area contributed by atoms with Gasteiger partial charge in [0, 0.05) is 0 Å². The van der Waals surface area contributed by atoms with Gasteiger partial charge in [-0.15, -0.1) is 0 Å². The van der Waals surface area contributed by atoms with Gasteiger partial charge in [-0.05, 0) is 223 Å². The highest BCUT2D eigenvalue weighted by molar-refractivity contribution is 7.03. The van der Waals surface area contributed by atoms with E-state index in [1.165, 1.54) is 115 Å². The van der Waals surface area contributed by atoms with Crippen LogP contribution in [-0.2, 0) is 0 Å². The van der Waals surface area contributed by atoms with Gasteiger partial charge >= 0.3 is 0 Å². The summed E-state index contributed by atoms with van der Waals surface area (Å²) in [6.07, 6.45) is 0. The molecule has 0 atom stereocenters. The molecule has 0 unspecified atom stereocenters. The summed E-state index contributed by atoms with van der Waals surface area (Å²) in [5.41, 5.74) is 31.2. The number of fused-ring (bicyclic) bond motifs is 10. The minimum Gasteiger partial charge on any atom is -0.238 e. The van der Waals surface area contributed by atoms with E-state index < -0.39 is 0 Å². The Kier molecular flexibility index (Phi) is 10.8. The van der Waals surface area contributed by atoms with Crippen molar-refractivity contribution in [1.29, 1.82) is 15.8 Å². The Balaban J connectivity index is 1.29. The zero-order valence-corrected chi connectivity index (χ0v) is 47.8. The standard InChI is InChI=1S/C74H60B2N4/c1-35(2)44-23-47(37(5)6)67(48(24-44)38(7)8)53-28-55-61-21-42(33-78)19-59-51-18-41(32-77)14-16-63(51)75(73(59)61)65-30-57-54(68-49(39(9)10)25-45(36(3)4)26-50(68)40(11)12)29-56-62-22-43(34-79)20-60-52-27-46(80-13)15-17-64(52)76(74(60)62)66-31-58(53)71(69(55)65)72(57)70(56)66/h14-31,35-40H,1-12H3. The fraction of sp³-hybridized carbons (Fsp3) is 0.243. The number of hydrogen-bond acceptors (Lipinski definition) is 3. The van der Waals surface area contributed by atoms with Crippen molar-refractivity contribution in [3.8, 4) is 85.0 Å². The lowest BCUT2D eigenvalue weighted by Gasteiger charge is -2.34. The Morgan fingerprint density at radius 3 is 1.07 bits per heavy atom. The van der Waals surface area contributed by atoms with E-state index in [2.05, 4.69) is 197 Å². The van der Waals surface area contributed by atoms with Gasteiger partial charge in [-0.25, -0.2) is 4.85 Å². The number of benzene rings is 10. The fourth-order valence-corrected chi connectivity index (χ4v) is 15.2. The van der Waals surface area contributed by atoms with E-state index in [0.717, 1.165) is 50.0 Å². The predicted octanol–water partition coefficient (Wildman–Crippen LogP) is 15.8. The third-order valence-corrected chi connectivity index (χ3v) is 18.9. The number of nitrogens with zero attached hydrogens (tertiary/aromatic N) is 4. The zero-order valence-electron chi connectivity index (χ0n) is 47.8. The van der Waals surface area contributed by atoms with E-state index in [4.69, 9.17) is 6.57 Å². The topological polar surface area (TPSA) is 75.7 Å². The molecule has 0 aliphatic carbocycles. The summed E-state index contributed by atoms with van der Waals surface area (Å²) in [6.45, 7) is 35.9. The van der Waals surface area contributed by atoms with Gasteiger partial charge in [0.15, 0.2) is 5.69 Å². The largest absolute Gasteiger partial charge is 0.244 e. The van der Waals surface area contributed by atoms with Crippen LogP contribution in [-0.4, -0.2) is 13.4 Å². The summed E-state index contributed by atoms with van der Waals surface area (Å²) in [6, 6.07) is 48.6. The maximum absolute atomic E-state index is 11.0. The molecule has 0 bridgehead atoms. The first kappa shape index (κ1) is 49.6. The molecule has 0 N–H and O–H groups in total. The second kappa shape index (κ2) is 17.4. The molecule has 0 aromatic heterocycles. The van der Waals surface area contributed by atoms with Crippen LogP contribution in [0, 0.1) is 40.6 Å². The van der Waals surface area contributed by atoms with Gasteiger partial charge in [0.05, 0.1) is 41.5 Å². The first-order valence-corrected chi connectivity index (χ1v) is 28.9. The molecule has 0 saturated heterocycles. The second-order valence-corrected chi connectivity index (χ2v) is 25.4. The minimum atomic E-state index is -0.152. The highest BCUT2D eigenvalue weighted by Gasteiger charge is 2.46. The highest BCUT2D eigenvalue weighted by atomic mass is 14.6. The molecule has 14 rings (SSSR count). The molecule has 382 valence electrons. The van der Waals surface area contributed by atoms with E-state index in [9.17, 15) is 15.8 Å². The Bertz CT molecular complexity index is 4320. The normalized spacial score (nSPS) is 13.1. The van der Waals surface area contributed by atoms with Crippen molar-refractivity contribution in [2.75, 3.05) is 0 Å². The Morgan fingerprint density at radius 2 is 0.713 bits per heavy atom. The Morgan fingerprint density at radius 1 is 0.350 bits per heavy atom. The van der Waals surface area contributed by atoms with Crippen molar-refractivity contribution in [1.82, 2.24) is 0 Å². The van der Waals surface area contributed by atoms with Crippen LogP contribution in [0.25, 0.3) is 104 Å². The molecule has 4 nitrogen and oxygen atoms in total. The lowest BCUT2D eigenvalue weighted by atomic mass is 9.34. The molecule has 10 aromatic rings. The van der Waals surface area contributed by atoms with Crippen molar-refractivity contribution in [2.45, 2.75) is 119 Å². The lowest BCUT2D eigenvalue weighted by Crippen LogP contribution is -2.53. The molecule has 4 aliphatic rings. The van der Waals surface area contributed by atoms with E-state index in [0.29, 0.717) is 34.2 Å². The summed E-state index contributed by atoms with van der Waals surface area (Å²) >= 11 is 0. The van der Waals surface area contributed by atoms with Gasteiger partial charge in [-0.1, -0.05) is 170 Å². The van der Waals surface area contributed by atoms with Crippen molar-refractivity contribution in [2.24, 2.45) is 0 Å². The second-order valence-electron chi connectivity index (χ2n) is 25.4. The highest BCUT2D eigenvalue weighted by Crippen LogP contribution is 2.54. The summed E-state index contributed by atoms with van der Waals surface area (Å²) < 4.78 is 0. The third kappa shape index (κ3) is 6.61. The van der Waals surface area contributed by atoms with Crippen LogP contribution in [0.15, 0.2) is 109 Å². The van der Waals surface area contributed by atoms with Crippen LogP contribution < -0.4 is 32.8 Å². The van der Waals surface area contributed by atoms with Gasteiger partial charge in [-0.3, -0.25) is 0 Å². The molecular weight excluding hydrogens is 966 g/mol. The molecule has 4 heterocycles. The van der Waals surface area contributed by atoms with Gasteiger partial charge in [0.1, 0.15) is 0 Å². The average molecular weight is 1030 g/mol. The monoisotopic (exact) mass is 1030 g/mol. The van der Waals surface area contributed by atoms with Crippen LogP contribution in [0.1, 0.15) is 169 Å². The summed E-state index contributed by atoms with van der Waals surface area (Å²) in [5.74, 6) is 1.52. The number of rotatable bonds is 8. The molecule has 0 fully saturated rings. The van der Waals surface area contributed by atoms with Crippen LogP contribution in [0.3, 0.4) is 0 Å². The molecule has 0 amide bonds. The summed E-state index contributed by atoms with van der Waals surface area (Å²) in [4.78, 5) is 3.96. The predicted molar refractivity (Wildman–Crippen MR) is 337 cm³/mol. The molecule has 0 radical (unpaired) electrons. The molecule has 4 aliphatic heterocycles.